The number of piperidine rings is 1. The van der Waals surface area contributed by atoms with E-state index in [-0.39, 0.29) is 17.6 Å². The summed E-state index contributed by atoms with van der Waals surface area (Å²) in [6, 6.07) is 10.4. The molecule has 0 saturated carbocycles. The second-order valence-electron chi connectivity index (χ2n) is 7.88. The zero-order chi connectivity index (χ0) is 16.5. The average molecular weight is 317 g/mol. The molecule has 0 radical (unpaired) electrons. The molecule has 1 aromatic carbocycles. The van der Waals surface area contributed by atoms with Gasteiger partial charge < -0.3 is 14.4 Å². The number of rotatable bonds is 1. The first-order chi connectivity index (χ1) is 10.9. The summed E-state index contributed by atoms with van der Waals surface area (Å²) in [6.07, 6.45) is 3.06. The van der Waals surface area contributed by atoms with Crippen LogP contribution in [0.5, 0.6) is 0 Å². The number of benzene rings is 1. The van der Waals surface area contributed by atoms with Crippen molar-refractivity contribution < 1.29 is 14.3 Å². The molecule has 2 aliphatic rings. The molecule has 4 nitrogen and oxygen atoms in total. The second kappa shape index (κ2) is 6.16. The molecule has 0 aliphatic carbocycles. The van der Waals surface area contributed by atoms with Gasteiger partial charge in [0, 0.05) is 13.1 Å². The van der Waals surface area contributed by atoms with E-state index < -0.39 is 5.60 Å². The lowest BCUT2D eigenvalue weighted by atomic mass is 9.76. The molecule has 126 valence electrons. The van der Waals surface area contributed by atoms with Crippen molar-refractivity contribution in [1.29, 1.82) is 0 Å². The van der Waals surface area contributed by atoms with Crippen molar-refractivity contribution in [3.63, 3.8) is 0 Å². The van der Waals surface area contributed by atoms with Crippen LogP contribution in [0.2, 0.25) is 0 Å². The van der Waals surface area contributed by atoms with E-state index in [1.807, 2.05) is 31.7 Å². The Hall–Kier alpha value is -1.55. The van der Waals surface area contributed by atoms with Gasteiger partial charge in [0.2, 0.25) is 0 Å². The van der Waals surface area contributed by atoms with E-state index in [4.69, 9.17) is 9.47 Å². The van der Waals surface area contributed by atoms with Gasteiger partial charge in [-0.1, -0.05) is 30.3 Å². The van der Waals surface area contributed by atoms with Crippen LogP contribution in [-0.2, 0) is 9.47 Å². The Morgan fingerprint density at radius 3 is 2.48 bits per heavy atom. The summed E-state index contributed by atoms with van der Waals surface area (Å²) >= 11 is 0. The van der Waals surface area contributed by atoms with E-state index in [9.17, 15) is 4.79 Å². The molecule has 2 fully saturated rings. The van der Waals surface area contributed by atoms with Crippen molar-refractivity contribution in [3.05, 3.63) is 35.9 Å². The highest BCUT2D eigenvalue weighted by molar-refractivity contribution is 5.68. The molecule has 2 aliphatic heterocycles. The van der Waals surface area contributed by atoms with Crippen molar-refractivity contribution in [1.82, 2.24) is 4.90 Å². The highest BCUT2D eigenvalue weighted by Gasteiger charge is 2.43. The summed E-state index contributed by atoms with van der Waals surface area (Å²) in [5.41, 5.74) is 1.05. The third-order valence-corrected chi connectivity index (χ3v) is 4.86. The summed E-state index contributed by atoms with van der Waals surface area (Å²) in [5, 5.41) is 0. The molecule has 0 N–H and O–H groups in total. The van der Waals surface area contributed by atoms with E-state index in [1.54, 1.807) is 0 Å². The van der Waals surface area contributed by atoms with Crippen LogP contribution in [-0.4, -0.2) is 36.3 Å². The Morgan fingerprint density at radius 2 is 1.87 bits per heavy atom. The fraction of sp³-hybridized carbons (Fsp3) is 0.632. The maximum Gasteiger partial charge on any atom is 0.410 e. The van der Waals surface area contributed by atoms with E-state index >= 15 is 0 Å². The van der Waals surface area contributed by atoms with Crippen molar-refractivity contribution in [2.45, 2.75) is 51.7 Å². The first kappa shape index (κ1) is 16.3. The molecule has 0 bridgehead atoms. The molecule has 0 aromatic heterocycles. The van der Waals surface area contributed by atoms with Gasteiger partial charge in [0.1, 0.15) is 5.60 Å². The molecule has 1 aromatic rings. The zero-order valence-corrected chi connectivity index (χ0v) is 14.4. The molecule has 3 rings (SSSR count). The summed E-state index contributed by atoms with van der Waals surface area (Å²) < 4.78 is 11.5. The molecule has 23 heavy (non-hydrogen) atoms. The number of hydrogen-bond acceptors (Lipinski definition) is 3. The molecule has 1 spiro atoms. The minimum Gasteiger partial charge on any atom is -0.444 e. The number of amides is 1. The van der Waals surface area contributed by atoms with Crippen LogP contribution >= 0.6 is 0 Å². The van der Waals surface area contributed by atoms with Crippen molar-refractivity contribution in [2.75, 3.05) is 19.7 Å². The molecule has 1 amide bonds. The Bertz CT molecular complexity index is 541. The minimum atomic E-state index is -0.429. The van der Waals surface area contributed by atoms with Crippen LogP contribution in [0, 0.1) is 5.41 Å². The molecular formula is C19H27NO3. The van der Waals surface area contributed by atoms with Gasteiger partial charge in [0.15, 0.2) is 0 Å². The summed E-state index contributed by atoms with van der Waals surface area (Å²) in [5.74, 6) is 0. The van der Waals surface area contributed by atoms with Gasteiger partial charge in [0.25, 0.3) is 0 Å². The van der Waals surface area contributed by atoms with Gasteiger partial charge in [-0.3, -0.25) is 0 Å². The fourth-order valence-electron chi connectivity index (χ4n) is 3.51. The van der Waals surface area contributed by atoms with Gasteiger partial charge in [0.05, 0.1) is 12.7 Å². The highest BCUT2D eigenvalue weighted by atomic mass is 16.6. The van der Waals surface area contributed by atoms with Crippen LogP contribution < -0.4 is 0 Å². The van der Waals surface area contributed by atoms with Crippen LogP contribution in [0.25, 0.3) is 0 Å². The predicted octanol–water partition coefficient (Wildman–Crippen LogP) is 4.17. The van der Waals surface area contributed by atoms with Crippen molar-refractivity contribution in [3.8, 4) is 0 Å². The maximum absolute atomic E-state index is 12.2. The first-order valence-corrected chi connectivity index (χ1v) is 8.51. The number of nitrogens with zero attached hydrogens (tertiary/aromatic N) is 1. The van der Waals surface area contributed by atoms with Gasteiger partial charge in [-0.05, 0) is 51.0 Å². The minimum absolute atomic E-state index is 0.189. The lowest BCUT2D eigenvalue weighted by Gasteiger charge is -2.38. The predicted molar refractivity (Wildman–Crippen MR) is 89.2 cm³/mol. The van der Waals surface area contributed by atoms with Gasteiger partial charge in [-0.25, -0.2) is 4.79 Å². The number of hydrogen-bond donors (Lipinski definition) is 0. The van der Waals surface area contributed by atoms with Crippen LogP contribution in [0.3, 0.4) is 0 Å². The van der Waals surface area contributed by atoms with Gasteiger partial charge in [-0.15, -0.1) is 0 Å². The standard InChI is InChI=1S/C19H27NO3/c1-18(2,3)23-17(21)20-11-9-19(10-12-20)13-16(22-14-19)15-7-5-4-6-8-15/h4-8,16H,9-14H2,1-3H3. The van der Waals surface area contributed by atoms with E-state index in [0.717, 1.165) is 39.0 Å². The average Bonchev–Trinajstić information content (AvgIpc) is 2.91. The van der Waals surface area contributed by atoms with Crippen LogP contribution in [0.15, 0.2) is 30.3 Å². The fourth-order valence-corrected chi connectivity index (χ4v) is 3.51. The molecule has 4 heteroatoms. The summed E-state index contributed by atoms with van der Waals surface area (Å²) in [7, 11) is 0. The smallest absolute Gasteiger partial charge is 0.410 e. The van der Waals surface area contributed by atoms with E-state index in [2.05, 4.69) is 24.3 Å². The first-order valence-electron chi connectivity index (χ1n) is 8.51. The molecule has 2 heterocycles. The third kappa shape index (κ3) is 3.86. The van der Waals surface area contributed by atoms with E-state index in [1.165, 1.54) is 5.56 Å². The summed E-state index contributed by atoms with van der Waals surface area (Å²) in [4.78, 5) is 14.0. The Balaban J connectivity index is 1.56. The highest BCUT2D eigenvalue weighted by Crippen LogP contribution is 2.47. The normalized spacial score (nSPS) is 24.0. The Morgan fingerprint density at radius 1 is 1.22 bits per heavy atom. The number of carbonyl (C=O) groups is 1. The second-order valence-corrected chi connectivity index (χ2v) is 7.88. The molecule has 1 atom stereocenters. The molecule has 2 saturated heterocycles. The van der Waals surface area contributed by atoms with Crippen LogP contribution in [0.4, 0.5) is 4.79 Å². The Kier molecular flexibility index (Phi) is 4.37. The quantitative estimate of drug-likeness (QED) is 0.780. The lowest BCUT2D eigenvalue weighted by Crippen LogP contribution is -2.45. The largest absolute Gasteiger partial charge is 0.444 e. The van der Waals surface area contributed by atoms with Gasteiger partial charge in [-0.2, -0.15) is 0 Å². The SMILES string of the molecule is CC(C)(C)OC(=O)N1CCC2(CC1)COC(c1ccccc1)C2. The Labute approximate surface area is 138 Å². The van der Waals surface area contributed by atoms with Crippen molar-refractivity contribution in [2.24, 2.45) is 5.41 Å². The van der Waals surface area contributed by atoms with Crippen molar-refractivity contribution >= 4 is 6.09 Å². The molecular weight excluding hydrogens is 290 g/mol. The zero-order valence-electron chi connectivity index (χ0n) is 14.4. The topological polar surface area (TPSA) is 38.8 Å². The number of carbonyl (C=O) groups excluding carboxylic acids is 1. The van der Waals surface area contributed by atoms with E-state index in [0.29, 0.717) is 0 Å². The summed E-state index contributed by atoms with van der Waals surface area (Å²) in [6.45, 7) is 8.05. The maximum atomic E-state index is 12.2. The third-order valence-electron chi connectivity index (χ3n) is 4.86. The molecule has 1 unspecified atom stereocenters. The van der Waals surface area contributed by atoms with Crippen LogP contribution in [0.1, 0.15) is 51.7 Å². The lowest BCUT2D eigenvalue weighted by molar-refractivity contribution is 0.00785. The van der Waals surface area contributed by atoms with Gasteiger partial charge >= 0.3 is 6.09 Å². The number of ether oxygens (including phenoxy) is 2. The monoisotopic (exact) mass is 317 g/mol. The number of likely N-dealkylation sites (tertiary alicyclic amines) is 1.